The molecule has 0 saturated carbocycles. The zero-order valence-corrected chi connectivity index (χ0v) is 11.8. The molecule has 84 valence electrons. The van der Waals surface area contributed by atoms with Gasteiger partial charge < -0.3 is 0 Å². The molecule has 2 aromatic rings. The van der Waals surface area contributed by atoms with Gasteiger partial charge in [-0.1, -0.05) is 0 Å². The van der Waals surface area contributed by atoms with E-state index in [1.54, 1.807) is 6.20 Å². The Hall–Kier alpha value is -0.590. The summed E-state index contributed by atoms with van der Waals surface area (Å²) in [7, 11) is 1.89. The van der Waals surface area contributed by atoms with Gasteiger partial charge in [0.1, 0.15) is 10.1 Å². The number of aryl methyl sites for hydroxylation is 2. The Morgan fingerprint density at radius 3 is 2.88 bits per heavy atom. The molecule has 0 saturated heterocycles. The number of halogens is 2. The van der Waals surface area contributed by atoms with Gasteiger partial charge in [0.2, 0.25) is 5.28 Å². The van der Waals surface area contributed by atoms with Gasteiger partial charge in [-0.05, 0) is 52.3 Å². The van der Waals surface area contributed by atoms with Crippen molar-refractivity contribution in [3.05, 3.63) is 27.7 Å². The van der Waals surface area contributed by atoms with E-state index < -0.39 is 0 Å². The summed E-state index contributed by atoms with van der Waals surface area (Å²) in [5, 5.41) is 6.29. The molecule has 0 spiro atoms. The fourth-order valence-corrected chi connectivity index (χ4v) is 2.68. The lowest BCUT2D eigenvalue weighted by molar-refractivity contribution is 0.692. The SMILES string of the molecule is Cc1cc(Sc2nc(Cl)ncc2Br)n(C)n1. The summed E-state index contributed by atoms with van der Waals surface area (Å²) >= 11 is 10.6. The number of rotatable bonds is 2. The zero-order chi connectivity index (χ0) is 11.7. The van der Waals surface area contributed by atoms with E-state index in [9.17, 15) is 0 Å². The second kappa shape index (κ2) is 4.73. The highest BCUT2D eigenvalue weighted by atomic mass is 79.9. The van der Waals surface area contributed by atoms with Crippen LogP contribution in [-0.2, 0) is 7.05 Å². The van der Waals surface area contributed by atoms with Gasteiger partial charge in [0.25, 0.3) is 0 Å². The van der Waals surface area contributed by atoms with Crippen LogP contribution in [0, 0.1) is 6.92 Å². The van der Waals surface area contributed by atoms with E-state index in [-0.39, 0.29) is 5.28 Å². The van der Waals surface area contributed by atoms with Crippen molar-refractivity contribution in [1.82, 2.24) is 19.7 Å². The first kappa shape index (κ1) is 11.9. The molecule has 4 nitrogen and oxygen atoms in total. The van der Waals surface area contributed by atoms with E-state index >= 15 is 0 Å². The summed E-state index contributed by atoms with van der Waals surface area (Å²) in [6, 6.07) is 1.99. The topological polar surface area (TPSA) is 43.6 Å². The molecule has 2 aromatic heterocycles. The van der Waals surface area contributed by atoms with Gasteiger partial charge in [-0.2, -0.15) is 5.10 Å². The minimum Gasteiger partial charge on any atom is -0.261 e. The molecule has 0 aromatic carbocycles. The third-order valence-electron chi connectivity index (χ3n) is 1.84. The first-order valence-electron chi connectivity index (χ1n) is 4.43. The van der Waals surface area contributed by atoms with Gasteiger partial charge in [-0.25, -0.2) is 9.97 Å². The van der Waals surface area contributed by atoms with Crippen LogP contribution >= 0.6 is 39.3 Å². The quantitative estimate of drug-likeness (QED) is 0.630. The second-order valence-corrected chi connectivity index (χ2v) is 5.34. The lowest BCUT2D eigenvalue weighted by atomic mass is 10.5. The minimum atomic E-state index is 0.240. The van der Waals surface area contributed by atoms with Crippen molar-refractivity contribution >= 4 is 39.3 Å². The van der Waals surface area contributed by atoms with Crippen LogP contribution in [-0.4, -0.2) is 19.7 Å². The lowest BCUT2D eigenvalue weighted by Gasteiger charge is -2.02. The molecule has 0 aliphatic heterocycles. The molecule has 2 rings (SSSR count). The van der Waals surface area contributed by atoms with Gasteiger partial charge >= 0.3 is 0 Å². The fourth-order valence-electron chi connectivity index (χ4n) is 1.18. The molecule has 0 fully saturated rings. The Balaban J connectivity index is 2.33. The third kappa shape index (κ3) is 2.56. The summed E-state index contributed by atoms with van der Waals surface area (Å²) in [5.41, 5.74) is 0.973. The predicted molar refractivity (Wildman–Crippen MR) is 66.8 cm³/mol. The van der Waals surface area contributed by atoms with Crippen molar-refractivity contribution in [3.63, 3.8) is 0 Å². The van der Waals surface area contributed by atoms with Gasteiger partial charge in [-0.3, -0.25) is 4.68 Å². The summed E-state index contributed by atoms with van der Waals surface area (Å²) < 4.78 is 2.63. The average Bonchev–Trinajstić information content (AvgIpc) is 2.51. The lowest BCUT2D eigenvalue weighted by Crippen LogP contribution is -1.93. The first-order chi connectivity index (χ1) is 7.56. The van der Waals surface area contributed by atoms with Crippen LogP contribution in [0.15, 0.2) is 26.8 Å². The summed E-state index contributed by atoms with van der Waals surface area (Å²) in [4.78, 5) is 8.03. The van der Waals surface area contributed by atoms with Crippen LogP contribution in [0.1, 0.15) is 5.69 Å². The Bertz CT molecular complexity index is 528. The summed E-state index contributed by atoms with van der Waals surface area (Å²) in [6.07, 6.45) is 1.64. The molecule has 0 aliphatic carbocycles. The van der Waals surface area contributed by atoms with Gasteiger partial charge in [-0.15, -0.1) is 0 Å². The normalized spacial score (nSPS) is 10.8. The van der Waals surface area contributed by atoms with Crippen molar-refractivity contribution in [3.8, 4) is 0 Å². The molecule has 0 radical (unpaired) electrons. The van der Waals surface area contributed by atoms with Crippen molar-refractivity contribution in [1.29, 1.82) is 0 Å². The maximum absolute atomic E-state index is 5.75. The van der Waals surface area contributed by atoms with E-state index in [0.717, 1.165) is 20.2 Å². The molecule has 7 heteroatoms. The molecular weight excluding hydrogens is 312 g/mol. The van der Waals surface area contributed by atoms with Gasteiger partial charge in [0, 0.05) is 13.2 Å². The van der Waals surface area contributed by atoms with Crippen molar-refractivity contribution in [2.24, 2.45) is 7.05 Å². The molecule has 0 unspecified atom stereocenters. The fraction of sp³-hybridized carbons (Fsp3) is 0.222. The standard InChI is InChI=1S/C9H8BrClN4S/c1-5-3-7(15(2)14-5)16-8-6(10)4-12-9(11)13-8/h3-4H,1-2H3. The number of aromatic nitrogens is 4. The van der Waals surface area contributed by atoms with Crippen LogP contribution < -0.4 is 0 Å². The highest BCUT2D eigenvalue weighted by Crippen LogP contribution is 2.31. The van der Waals surface area contributed by atoms with E-state index in [4.69, 9.17) is 11.6 Å². The Morgan fingerprint density at radius 2 is 2.25 bits per heavy atom. The molecule has 0 amide bonds. The molecule has 2 heterocycles. The highest BCUT2D eigenvalue weighted by molar-refractivity contribution is 9.10. The predicted octanol–water partition coefficient (Wildman–Crippen LogP) is 3.09. The van der Waals surface area contributed by atoms with E-state index in [0.29, 0.717) is 0 Å². The molecule has 16 heavy (non-hydrogen) atoms. The van der Waals surface area contributed by atoms with Crippen molar-refractivity contribution in [2.45, 2.75) is 17.0 Å². The van der Waals surface area contributed by atoms with E-state index in [1.165, 1.54) is 11.8 Å². The van der Waals surface area contributed by atoms with Crippen LogP contribution in [0.25, 0.3) is 0 Å². The van der Waals surface area contributed by atoms with Crippen LogP contribution in [0.5, 0.6) is 0 Å². The highest BCUT2D eigenvalue weighted by Gasteiger charge is 2.09. The van der Waals surface area contributed by atoms with Crippen molar-refractivity contribution < 1.29 is 0 Å². The van der Waals surface area contributed by atoms with Gasteiger partial charge in [0.15, 0.2) is 0 Å². The Morgan fingerprint density at radius 1 is 1.50 bits per heavy atom. The second-order valence-electron chi connectivity index (χ2n) is 3.14. The van der Waals surface area contributed by atoms with Crippen LogP contribution in [0.3, 0.4) is 0 Å². The largest absolute Gasteiger partial charge is 0.261 e. The third-order valence-corrected chi connectivity index (χ3v) is 3.96. The number of hydrogen-bond acceptors (Lipinski definition) is 4. The summed E-state index contributed by atoms with van der Waals surface area (Å²) in [6.45, 7) is 1.95. The Kier molecular flexibility index (Phi) is 3.51. The Labute approximate surface area is 111 Å². The summed E-state index contributed by atoms with van der Waals surface area (Å²) in [5.74, 6) is 0. The minimum absolute atomic E-state index is 0.240. The van der Waals surface area contributed by atoms with Crippen LogP contribution in [0.2, 0.25) is 5.28 Å². The number of hydrogen-bond donors (Lipinski definition) is 0. The number of nitrogens with zero attached hydrogens (tertiary/aromatic N) is 4. The first-order valence-corrected chi connectivity index (χ1v) is 6.41. The maximum atomic E-state index is 5.75. The van der Waals surface area contributed by atoms with Crippen molar-refractivity contribution in [2.75, 3.05) is 0 Å². The maximum Gasteiger partial charge on any atom is 0.223 e. The molecular formula is C9H8BrClN4S. The molecule has 0 aliphatic rings. The zero-order valence-electron chi connectivity index (χ0n) is 8.61. The van der Waals surface area contributed by atoms with E-state index in [2.05, 4.69) is 31.0 Å². The van der Waals surface area contributed by atoms with Gasteiger partial charge in [0.05, 0.1) is 10.2 Å². The average molecular weight is 320 g/mol. The molecule has 0 atom stereocenters. The molecule has 0 N–H and O–H groups in total. The van der Waals surface area contributed by atoms with E-state index in [1.807, 2.05) is 24.7 Å². The monoisotopic (exact) mass is 318 g/mol. The van der Waals surface area contributed by atoms with Crippen LogP contribution in [0.4, 0.5) is 0 Å². The smallest absolute Gasteiger partial charge is 0.223 e. The molecule has 0 bridgehead atoms.